The molecule has 1 aromatic carbocycles. The van der Waals surface area contributed by atoms with E-state index in [1.165, 1.54) is 6.07 Å². The van der Waals surface area contributed by atoms with E-state index in [1.807, 2.05) is 0 Å². The van der Waals surface area contributed by atoms with Crippen LogP contribution in [0.2, 0.25) is 0 Å². The van der Waals surface area contributed by atoms with Gasteiger partial charge in [0.2, 0.25) is 0 Å². The molecule has 0 amide bonds. The largest absolute Gasteiger partial charge is 0.478 e. The van der Waals surface area contributed by atoms with Crippen molar-refractivity contribution in [3.63, 3.8) is 0 Å². The molecule has 2 N–H and O–H groups in total. The number of halogens is 3. The predicted octanol–water partition coefficient (Wildman–Crippen LogP) is 3.31. The van der Waals surface area contributed by atoms with Crippen LogP contribution in [0.15, 0.2) is 28.8 Å². The number of alkyl halides is 3. The van der Waals surface area contributed by atoms with Crippen LogP contribution in [0, 0.1) is 6.92 Å². The van der Waals surface area contributed by atoms with Crippen molar-refractivity contribution in [2.24, 2.45) is 0 Å². The summed E-state index contributed by atoms with van der Waals surface area (Å²) in [6.45, 7) is 1.92. The Labute approximate surface area is 117 Å². The predicted molar refractivity (Wildman–Crippen MR) is 67.0 cm³/mol. The number of aromatic nitrogens is 1. The SMILES string of the molecule is Cc1cc(CNc2ccc(C(F)(F)F)c(C(=O)O)c2)on1. The summed E-state index contributed by atoms with van der Waals surface area (Å²) in [5.41, 5.74) is -1.07. The van der Waals surface area contributed by atoms with Gasteiger partial charge in [-0.15, -0.1) is 0 Å². The molecule has 2 aromatic rings. The Morgan fingerprint density at radius 1 is 1.38 bits per heavy atom. The Kier molecular flexibility index (Phi) is 3.88. The van der Waals surface area contributed by atoms with E-state index < -0.39 is 23.3 Å². The first-order chi connectivity index (χ1) is 9.77. The maximum atomic E-state index is 12.7. The van der Waals surface area contributed by atoms with E-state index >= 15 is 0 Å². The number of aryl methyl sites for hydroxylation is 1. The summed E-state index contributed by atoms with van der Waals surface area (Å²) >= 11 is 0. The van der Waals surface area contributed by atoms with E-state index in [9.17, 15) is 18.0 Å². The van der Waals surface area contributed by atoms with E-state index in [4.69, 9.17) is 9.63 Å². The average molecular weight is 300 g/mol. The number of rotatable bonds is 4. The van der Waals surface area contributed by atoms with Gasteiger partial charge in [-0.2, -0.15) is 13.2 Å². The number of carboxylic acid groups (broad SMARTS) is 1. The highest BCUT2D eigenvalue weighted by molar-refractivity contribution is 5.91. The highest BCUT2D eigenvalue weighted by atomic mass is 19.4. The third kappa shape index (κ3) is 3.53. The molecule has 0 bridgehead atoms. The highest BCUT2D eigenvalue weighted by Gasteiger charge is 2.35. The highest BCUT2D eigenvalue weighted by Crippen LogP contribution is 2.33. The maximum absolute atomic E-state index is 12.7. The van der Waals surface area contributed by atoms with Crippen LogP contribution in [0.4, 0.5) is 18.9 Å². The van der Waals surface area contributed by atoms with Crippen LogP contribution >= 0.6 is 0 Å². The van der Waals surface area contributed by atoms with Crippen LogP contribution in [0.3, 0.4) is 0 Å². The summed E-state index contributed by atoms with van der Waals surface area (Å²) in [6.07, 6.45) is -4.71. The third-order valence-electron chi connectivity index (χ3n) is 2.70. The standard InChI is InChI=1S/C13H11F3N2O3/c1-7-4-9(21-18-7)6-17-8-2-3-11(13(14,15)16)10(5-8)12(19)20/h2-5,17H,6H2,1H3,(H,19,20). The lowest BCUT2D eigenvalue weighted by Crippen LogP contribution is -2.13. The van der Waals surface area contributed by atoms with Crippen molar-refractivity contribution in [2.45, 2.75) is 19.6 Å². The first-order valence-electron chi connectivity index (χ1n) is 5.88. The molecule has 5 nitrogen and oxygen atoms in total. The molecular weight excluding hydrogens is 289 g/mol. The Balaban J connectivity index is 2.22. The van der Waals surface area contributed by atoms with Crippen LogP contribution in [-0.2, 0) is 12.7 Å². The molecule has 1 aromatic heterocycles. The molecule has 0 aliphatic rings. The minimum atomic E-state index is -4.71. The molecule has 8 heteroatoms. The zero-order valence-corrected chi connectivity index (χ0v) is 10.9. The van der Waals surface area contributed by atoms with Crippen molar-refractivity contribution >= 4 is 11.7 Å². The van der Waals surface area contributed by atoms with Gasteiger partial charge in [0.1, 0.15) is 0 Å². The quantitative estimate of drug-likeness (QED) is 0.906. The number of anilines is 1. The zero-order chi connectivity index (χ0) is 15.6. The minimum Gasteiger partial charge on any atom is -0.478 e. The zero-order valence-electron chi connectivity index (χ0n) is 10.9. The molecule has 112 valence electrons. The summed E-state index contributed by atoms with van der Waals surface area (Å²) in [6, 6.07) is 4.50. The average Bonchev–Trinajstić information content (AvgIpc) is 2.80. The van der Waals surface area contributed by atoms with E-state index in [0.29, 0.717) is 11.5 Å². The van der Waals surface area contributed by atoms with Crippen LogP contribution < -0.4 is 5.32 Å². The maximum Gasteiger partial charge on any atom is 0.417 e. The van der Waals surface area contributed by atoms with Crippen molar-refractivity contribution in [1.29, 1.82) is 0 Å². The van der Waals surface area contributed by atoms with Crippen molar-refractivity contribution in [3.8, 4) is 0 Å². The molecule has 21 heavy (non-hydrogen) atoms. The van der Waals surface area contributed by atoms with E-state index in [-0.39, 0.29) is 12.2 Å². The summed E-state index contributed by atoms with van der Waals surface area (Å²) in [5.74, 6) is -1.15. The summed E-state index contributed by atoms with van der Waals surface area (Å²) in [4.78, 5) is 10.9. The minimum absolute atomic E-state index is 0.186. The molecule has 0 atom stereocenters. The van der Waals surface area contributed by atoms with E-state index in [1.54, 1.807) is 13.0 Å². The molecule has 0 spiro atoms. The molecule has 0 unspecified atom stereocenters. The number of carboxylic acids is 1. The molecule has 1 heterocycles. The van der Waals surface area contributed by atoms with Crippen molar-refractivity contribution in [3.05, 3.63) is 46.8 Å². The van der Waals surface area contributed by atoms with Crippen molar-refractivity contribution in [1.82, 2.24) is 5.16 Å². The van der Waals surface area contributed by atoms with Gasteiger partial charge in [0.15, 0.2) is 5.76 Å². The van der Waals surface area contributed by atoms with Crippen LogP contribution in [0.25, 0.3) is 0 Å². The van der Waals surface area contributed by atoms with Gasteiger partial charge < -0.3 is 14.9 Å². The van der Waals surface area contributed by atoms with Gasteiger partial charge in [0, 0.05) is 11.8 Å². The molecule has 0 saturated carbocycles. The van der Waals surface area contributed by atoms with Crippen LogP contribution in [0.1, 0.15) is 27.4 Å². The van der Waals surface area contributed by atoms with Crippen molar-refractivity contribution in [2.75, 3.05) is 5.32 Å². The normalized spacial score (nSPS) is 11.4. The Morgan fingerprint density at radius 3 is 2.62 bits per heavy atom. The van der Waals surface area contributed by atoms with Gasteiger partial charge in [-0.25, -0.2) is 4.79 Å². The fourth-order valence-electron chi connectivity index (χ4n) is 1.77. The van der Waals surface area contributed by atoms with Gasteiger partial charge in [0.25, 0.3) is 0 Å². The summed E-state index contributed by atoms with van der Waals surface area (Å²) < 4.78 is 43.0. The number of nitrogens with one attached hydrogen (secondary N) is 1. The summed E-state index contributed by atoms with van der Waals surface area (Å²) in [7, 11) is 0. The fraction of sp³-hybridized carbons (Fsp3) is 0.231. The number of benzene rings is 1. The number of hydrogen-bond donors (Lipinski definition) is 2. The van der Waals surface area contributed by atoms with Gasteiger partial charge in [-0.1, -0.05) is 5.16 Å². The molecule has 0 aliphatic heterocycles. The molecule has 2 rings (SSSR count). The van der Waals surface area contributed by atoms with Gasteiger partial charge >= 0.3 is 12.1 Å². The first kappa shape index (κ1) is 14.9. The number of aromatic carboxylic acids is 1. The monoisotopic (exact) mass is 300 g/mol. The van der Waals surface area contributed by atoms with Gasteiger partial charge in [0.05, 0.1) is 23.4 Å². The molecule has 0 aliphatic carbocycles. The lowest BCUT2D eigenvalue weighted by atomic mass is 10.1. The summed E-state index contributed by atoms with van der Waals surface area (Å²) in [5, 5.41) is 15.3. The van der Waals surface area contributed by atoms with E-state index in [0.717, 1.165) is 12.1 Å². The molecule has 0 radical (unpaired) electrons. The Hall–Kier alpha value is -2.51. The van der Waals surface area contributed by atoms with Crippen LogP contribution in [0.5, 0.6) is 0 Å². The Bertz CT molecular complexity index is 665. The number of carbonyl (C=O) groups is 1. The molecule has 0 saturated heterocycles. The van der Waals surface area contributed by atoms with Crippen LogP contribution in [-0.4, -0.2) is 16.2 Å². The second kappa shape index (κ2) is 5.47. The first-order valence-corrected chi connectivity index (χ1v) is 5.88. The lowest BCUT2D eigenvalue weighted by Gasteiger charge is -2.12. The van der Waals surface area contributed by atoms with E-state index in [2.05, 4.69) is 10.5 Å². The molecule has 0 fully saturated rings. The van der Waals surface area contributed by atoms with Gasteiger partial charge in [-0.05, 0) is 25.1 Å². The third-order valence-corrected chi connectivity index (χ3v) is 2.70. The lowest BCUT2D eigenvalue weighted by molar-refractivity contribution is -0.138. The number of nitrogens with zero attached hydrogens (tertiary/aromatic N) is 1. The second-order valence-corrected chi connectivity index (χ2v) is 4.35. The second-order valence-electron chi connectivity index (χ2n) is 4.35. The van der Waals surface area contributed by atoms with Gasteiger partial charge in [-0.3, -0.25) is 0 Å². The fourth-order valence-corrected chi connectivity index (χ4v) is 1.77. The molecular formula is C13H11F3N2O3. The topological polar surface area (TPSA) is 75.4 Å². The number of hydrogen-bond acceptors (Lipinski definition) is 4. The smallest absolute Gasteiger partial charge is 0.417 e. The Morgan fingerprint density at radius 2 is 2.10 bits per heavy atom. The van der Waals surface area contributed by atoms with Crippen molar-refractivity contribution < 1.29 is 27.6 Å².